The number of unbranched alkanes of at least 4 members (excludes halogenated alkanes) is 1. The highest BCUT2D eigenvalue weighted by atomic mass is 16.5. The van der Waals surface area contributed by atoms with Crippen molar-refractivity contribution in [1.29, 1.82) is 0 Å². The molecule has 0 aliphatic carbocycles. The van der Waals surface area contributed by atoms with Gasteiger partial charge in [-0.25, -0.2) is 0 Å². The molecular formula is C25H34N2O4. The number of carbonyl (C=O) groups excluding carboxylic acids is 1. The van der Waals surface area contributed by atoms with E-state index in [-0.39, 0.29) is 11.9 Å². The second-order valence-electron chi connectivity index (χ2n) is 7.93. The first-order chi connectivity index (χ1) is 15.1. The maximum atomic E-state index is 12.9. The lowest BCUT2D eigenvalue weighted by Crippen LogP contribution is -2.44. The summed E-state index contributed by atoms with van der Waals surface area (Å²) in [4.78, 5) is 15.4. The molecule has 0 bridgehead atoms. The third kappa shape index (κ3) is 6.37. The Morgan fingerprint density at radius 3 is 2.29 bits per heavy atom. The van der Waals surface area contributed by atoms with Crippen LogP contribution in [-0.2, 0) is 6.61 Å². The van der Waals surface area contributed by atoms with Crippen LogP contribution in [0.5, 0.6) is 17.2 Å². The van der Waals surface area contributed by atoms with Gasteiger partial charge in [0.25, 0.3) is 5.91 Å². The Hall–Kier alpha value is -2.73. The Balaban J connectivity index is 1.65. The number of carbonyl (C=O) groups is 1. The van der Waals surface area contributed by atoms with Crippen LogP contribution < -0.4 is 19.5 Å². The van der Waals surface area contributed by atoms with Gasteiger partial charge in [-0.2, -0.15) is 0 Å². The molecule has 0 saturated carbocycles. The zero-order chi connectivity index (χ0) is 22.1. The zero-order valence-corrected chi connectivity index (χ0v) is 18.9. The minimum absolute atomic E-state index is 0.113. The van der Waals surface area contributed by atoms with E-state index in [1.54, 1.807) is 26.4 Å². The number of nitrogens with one attached hydrogen (secondary N) is 1. The van der Waals surface area contributed by atoms with Crippen molar-refractivity contribution in [2.75, 3.05) is 33.9 Å². The van der Waals surface area contributed by atoms with Crippen molar-refractivity contribution in [2.24, 2.45) is 0 Å². The molecule has 0 unspecified atom stereocenters. The molecular weight excluding hydrogens is 392 g/mol. The van der Waals surface area contributed by atoms with Gasteiger partial charge in [0.05, 0.1) is 14.2 Å². The van der Waals surface area contributed by atoms with Crippen LogP contribution in [0.3, 0.4) is 0 Å². The summed E-state index contributed by atoms with van der Waals surface area (Å²) in [7, 11) is 3.13. The molecule has 1 aliphatic heterocycles. The molecule has 0 atom stereocenters. The molecule has 1 N–H and O–H groups in total. The standard InChI is InChI=1S/C25H34N2O4/c1-4-5-13-27-14-11-21(12-15-27)26-25(28)20-16-22(29-2)24(23(17-20)30-3)31-18-19-9-7-6-8-10-19/h6-10,16-17,21H,4-5,11-15,18H2,1-3H3,(H,26,28). The molecule has 168 valence electrons. The summed E-state index contributed by atoms with van der Waals surface area (Å²) >= 11 is 0. The van der Waals surface area contributed by atoms with E-state index in [0.29, 0.717) is 29.4 Å². The molecule has 6 heteroatoms. The molecule has 1 fully saturated rings. The molecule has 0 aromatic heterocycles. The van der Waals surface area contributed by atoms with E-state index in [2.05, 4.69) is 17.1 Å². The number of likely N-dealkylation sites (tertiary alicyclic amines) is 1. The van der Waals surface area contributed by atoms with Gasteiger partial charge >= 0.3 is 0 Å². The van der Waals surface area contributed by atoms with Crippen molar-refractivity contribution in [2.45, 2.75) is 45.3 Å². The Bertz CT molecular complexity index is 808. The summed E-state index contributed by atoms with van der Waals surface area (Å²) in [5.41, 5.74) is 1.55. The topological polar surface area (TPSA) is 60.0 Å². The highest BCUT2D eigenvalue weighted by Gasteiger charge is 2.23. The van der Waals surface area contributed by atoms with Crippen LogP contribution >= 0.6 is 0 Å². The van der Waals surface area contributed by atoms with Gasteiger partial charge in [-0.1, -0.05) is 43.7 Å². The van der Waals surface area contributed by atoms with Crippen LogP contribution in [0.15, 0.2) is 42.5 Å². The number of nitrogens with zero attached hydrogens (tertiary/aromatic N) is 1. The highest BCUT2D eigenvalue weighted by molar-refractivity contribution is 5.95. The van der Waals surface area contributed by atoms with Crippen LogP contribution in [0, 0.1) is 0 Å². The van der Waals surface area contributed by atoms with E-state index in [4.69, 9.17) is 14.2 Å². The largest absolute Gasteiger partial charge is 0.493 e. The van der Waals surface area contributed by atoms with Gasteiger partial charge in [0, 0.05) is 24.7 Å². The van der Waals surface area contributed by atoms with Gasteiger partial charge in [0.1, 0.15) is 6.61 Å². The number of hydrogen-bond donors (Lipinski definition) is 1. The smallest absolute Gasteiger partial charge is 0.251 e. The lowest BCUT2D eigenvalue weighted by atomic mass is 10.0. The molecule has 1 amide bonds. The minimum atomic E-state index is -0.113. The molecule has 6 nitrogen and oxygen atoms in total. The normalized spacial score (nSPS) is 14.8. The number of hydrogen-bond acceptors (Lipinski definition) is 5. The summed E-state index contributed by atoms with van der Waals surface area (Å²) in [6.45, 7) is 5.81. The van der Waals surface area contributed by atoms with E-state index in [1.807, 2.05) is 30.3 Å². The number of ether oxygens (including phenoxy) is 3. The number of amides is 1. The summed E-state index contributed by atoms with van der Waals surface area (Å²) in [6, 6.07) is 13.5. The van der Waals surface area contributed by atoms with Gasteiger partial charge < -0.3 is 24.4 Å². The van der Waals surface area contributed by atoms with Crippen molar-refractivity contribution < 1.29 is 19.0 Å². The number of piperidine rings is 1. The molecule has 0 radical (unpaired) electrons. The fourth-order valence-electron chi connectivity index (χ4n) is 3.83. The molecule has 31 heavy (non-hydrogen) atoms. The highest BCUT2D eigenvalue weighted by Crippen LogP contribution is 2.39. The predicted octanol–water partition coefficient (Wildman–Crippen LogP) is 4.28. The average molecular weight is 427 g/mol. The first-order valence-electron chi connectivity index (χ1n) is 11.1. The molecule has 1 saturated heterocycles. The lowest BCUT2D eigenvalue weighted by molar-refractivity contribution is 0.0910. The summed E-state index contributed by atoms with van der Waals surface area (Å²) in [6.07, 6.45) is 4.39. The number of methoxy groups -OCH3 is 2. The van der Waals surface area contributed by atoms with Crippen LogP contribution in [0.2, 0.25) is 0 Å². The summed E-state index contributed by atoms with van der Waals surface area (Å²) in [5.74, 6) is 1.34. The Kier molecular flexibility index (Phi) is 8.59. The summed E-state index contributed by atoms with van der Waals surface area (Å²) < 4.78 is 17.0. The maximum Gasteiger partial charge on any atom is 0.251 e. The fraction of sp³-hybridized carbons (Fsp3) is 0.480. The van der Waals surface area contributed by atoms with E-state index in [1.165, 1.54) is 12.8 Å². The second kappa shape index (κ2) is 11.6. The second-order valence-corrected chi connectivity index (χ2v) is 7.93. The molecule has 0 spiro atoms. The van der Waals surface area contributed by atoms with Crippen molar-refractivity contribution in [1.82, 2.24) is 10.2 Å². The zero-order valence-electron chi connectivity index (χ0n) is 18.9. The van der Waals surface area contributed by atoms with Gasteiger partial charge in [0.15, 0.2) is 11.5 Å². The van der Waals surface area contributed by atoms with Crippen LogP contribution in [0.1, 0.15) is 48.5 Å². The van der Waals surface area contributed by atoms with E-state index in [9.17, 15) is 4.79 Å². The monoisotopic (exact) mass is 426 g/mol. The lowest BCUT2D eigenvalue weighted by Gasteiger charge is -2.32. The SMILES string of the molecule is CCCCN1CCC(NC(=O)c2cc(OC)c(OCc3ccccc3)c(OC)c2)CC1. The van der Waals surface area contributed by atoms with Crippen LogP contribution in [0.25, 0.3) is 0 Å². The minimum Gasteiger partial charge on any atom is -0.493 e. The fourth-order valence-corrected chi connectivity index (χ4v) is 3.83. The van der Waals surface area contributed by atoms with Gasteiger partial charge in [-0.15, -0.1) is 0 Å². The number of benzene rings is 2. The third-order valence-corrected chi connectivity index (χ3v) is 5.70. The van der Waals surface area contributed by atoms with Gasteiger partial charge in [-0.05, 0) is 43.5 Å². The van der Waals surface area contributed by atoms with Crippen molar-refractivity contribution in [3.63, 3.8) is 0 Å². The van der Waals surface area contributed by atoms with Gasteiger partial charge in [0.2, 0.25) is 5.75 Å². The summed E-state index contributed by atoms with van der Waals surface area (Å²) in [5, 5.41) is 3.17. The maximum absolute atomic E-state index is 12.9. The molecule has 3 rings (SSSR count). The van der Waals surface area contributed by atoms with Crippen molar-refractivity contribution >= 4 is 5.91 Å². The van der Waals surface area contributed by atoms with E-state index >= 15 is 0 Å². The van der Waals surface area contributed by atoms with E-state index < -0.39 is 0 Å². The first kappa shape index (κ1) is 22.9. The quantitative estimate of drug-likeness (QED) is 0.615. The predicted molar refractivity (Wildman–Crippen MR) is 122 cm³/mol. The Labute approximate surface area is 185 Å². The number of rotatable bonds is 10. The van der Waals surface area contributed by atoms with Crippen molar-refractivity contribution in [3.05, 3.63) is 53.6 Å². The van der Waals surface area contributed by atoms with Gasteiger partial charge in [-0.3, -0.25) is 4.79 Å². The van der Waals surface area contributed by atoms with Crippen LogP contribution in [0.4, 0.5) is 0 Å². The molecule has 2 aromatic rings. The van der Waals surface area contributed by atoms with E-state index in [0.717, 1.165) is 38.0 Å². The average Bonchev–Trinajstić information content (AvgIpc) is 2.82. The molecule has 2 aromatic carbocycles. The molecule has 1 aliphatic rings. The van der Waals surface area contributed by atoms with Crippen LogP contribution in [-0.4, -0.2) is 50.7 Å². The van der Waals surface area contributed by atoms with Crippen molar-refractivity contribution in [3.8, 4) is 17.2 Å². The Morgan fingerprint density at radius 2 is 1.71 bits per heavy atom. The molecule has 1 heterocycles. The third-order valence-electron chi connectivity index (χ3n) is 5.70. The first-order valence-corrected chi connectivity index (χ1v) is 11.1. The Morgan fingerprint density at radius 1 is 1.06 bits per heavy atom.